The minimum Gasteiger partial charge on any atom is -0.486 e. The number of aliphatic hydroxyl groups excluding tert-OH is 1. The molecule has 1 aliphatic heterocycles. The number of hydrogen-bond acceptors (Lipinski definition) is 4. The van der Waals surface area contributed by atoms with Gasteiger partial charge in [0, 0.05) is 13.7 Å². The fourth-order valence-corrected chi connectivity index (χ4v) is 1.85. The fourth-order valence-electron chi connectivity index (χ4n) is 1.85. The van der Waals surface area contributed by atoms with Gasteiger partial charge in [0.15, 0.2) is 17.6 Å². The summed E-state index contributed by atoms with van der Waals surface area (Å²) in [6, 6.07) is 7.51. The summed E-state index contributed by atoms with van der Waals surface area (Å²) in [5.41, 5.74) is 0. The Hall–Kier alpha value is -1.26. The Balaban J connectivity index is 1.88. The van der Waals surface area contributed by atoms with E-state index in [2.05, 4.69) is 0 Å². The van der Waals surface area contributed by atoms with Crippen LogP contribution in [-0.2, 0) is 4.74 Å². The Morgan fingerprint density at radius 3 is 2.94 bits per heavy atom. The molecule has 4 nitrogen and oxygen atoms in total. The summed E-state index contributed by atoms with van der Waals surface area (Å²) >= 11 is 0. The Morgan fingerprint density at radius 1 is 1.41 bits per heavy atom. The molecule has 0 aromatic heterocycles. The molecule has 0 fully saturated rings. The van der Waals surface area contributed by atoms with Crippen molar-refractivity contribution < 1.29 is 19.3 Å². The van der Waals surface area contributed by atoms with Crippen LogP contribution in [0.4, 0.5) is 0 Å². The third-order valence-corrected chi connectivity index (χ3v) is 2.81. The molecule has 1 N–H and O–H groups in total. The highest BCUT2D eigenvalue weighted by molar-refractivity contribution is 5.40. The zero-order valence-corrected chi connectivity index (χ0v) is 9.96. The molecule has 2 rings (SSSR count). The molecule has 4 heteroatoms. The zero-order valence-electron chi connectivity index (χ0n) is 9.96. The van der Waals surface area contributed by atoms with Crippen LogP contribution < -0.4 is 9.47 Å². The Labute approximate surface area is 101 Å². The maximum Gasteiger partial charge on any atom is 0.161 e. The number of fused-ring (bicyclic) bond motifs is 1. The van der Waals surface area contributed by atoms with Crippen molar-refractivity contribution in [2.75, 3.05) is 20.3 Å². The molecule has 0 saturated carbocycles. The lowest BCUT2D eigenvalue weighted by Gasteiger charge is -2.29. The quantitative estimate of drug-likeness (QED) is 0.792. The van der Waals surface area contributed by atoms with Crippen LogP contribution in [0.1, 0.15) is 12.8 Å². The Bertz CT molecular complexity index is 353. The van der Waals surface area contributed by atoms with Gasteiger partial charge in [-0.05, 0) is 25.0 Å². The molecule has 2 atom stereocenters. The second-order valence-corrected chi connectivity index (χ2v) is 4.12. The van der Waals surface area contributed by atoms with Gasteiger partial charge in [-0.25, -0.2) is 0 Å². The van der Waals surface area contributed by atoms with Crippen molar-refractivity contribution in [2.24, 2.45) is 0 Å². The van der Waals surface area contributed by atoms with Crippen LogP contribution in [0.2, 0.25) is 0 Å². The highest BCUT2D eigenvalue weighted by Gasteiger charge is 2.26. The van der Waals surface area contributed by atoms with E-state index in [-0.39, 0.29) is 6.10 Å². The second-order valence-electron chi connectivity index (χ2n) is 4.12. The fraction of sp³-hybridized carbons (Fsp3) is 0.538. The first-order valence-electron chi connectivity index (χ1n) is 5.86. The SMILES string of the molecule is COCCCC(O)C1COc2ccccc2O1. The largest absolute Gasteiger partial charge is 0.486 e. The van der Waals surface area contributed by atoms with Gasteiger partial charge < -0.3 is 19.3 Å². The van der Waals surface area contributed by atoms with E-state index < -0.39 is 6.10 Å². The van der Waals surface area contributed by atoms with E-state index in [1.165, 1.54) is 0 Å². The van der Waals surface area contributed by atoms with Crippen molar-refractivity contribution in [1.29, 1.82) is 0 Å². The summed E-state index contributed by atoms with van der Waals surface area (Å²) in [7, 11) is 1.66. The van der Waals surface area contributed by atoms with Gasteiger partial charge in [-0.2, -0.15) is 0 Å². The van der Waals surface area contributed by atoms with Gasteiger partial charge >= 0.3 is 0 Å². The molecule has 0 aliphatic carbocycles. The van der Waals surface area contributed by atoms with Crippen LogP contribution in [-0.4, -0.2) is 37.6 Å². The van der Waals surface area contributed by atoms with Gasteiger partial charge in [-0.15, -0.1) is 0 Å². The molecule has 1 aromatic carbocycles. The zero-order chi connectivity index (χ0) is 12.1. The lowest BCUT2D eigenvalue weighted by molar-refractivity contribution is -0.0167. The van der Waals surface area contributed by atoms with Crippen molar-refractivity contribution in [1.82, 2.24) is 0 Å². The average molecular weight is 238 g/mol. The minimum atomic E-state index is -0.515. The molecule has 0 amide bonds. The summed E-state index contributed by atoms with van der Waals surface area (Å²) in [5.74, 6) is 1.45. The van der Waals surface area contributed by atoms with E-state index in [9.17, 15) is 5.11 Å². The van der Waals surface area contributed by atoms with Gasteiger partial charge in [0.2, 0.25) is 0 Å². The average Bonchev–Trinajstić information content (AvgIpc) is 2.38. The van der Waals surface area contributed by atoms with Crippen molar-refractivity contribution >= 4 is 0 Å². The van der Waals surface area contributed by atoms with E-state index in [1.807, 2.05) is 24.3 Å². The number of para-hydroxylation sites is 2. The van der Waals surface area contributed by atoms with Gasteiger partial charge in [-0.3, -0.25) is 0 Å². The van der Waals surface area contributed by atoms with Gasteiger partial charge in [0.1, 0.15) is 6.61 Å². The number of rotatable bonds is 5. The first kappa shape index (κ1) is 12.2. The van der Waals surface area contributed by atoms with Crippen LogP contribution in [0.25, 0.3) is 0 Å². The predicted molar refractivity (Wildman–Crippen MR) is 63.5 cm³/mol. The van der Waals surface area contributed by atoms with Crippen LogP contribution in [0.15, 0.2) is 24.3 Å². The van der Waals surface area contributed by atoms with Crippen molar-refractivity contribution in [3.8, 4) is 11.5 Å². The highest BCUT2D eigenvalue weighted by Crippen LogP contribution is 2.31. The summed E-state index contributed by atoms with van der Waals surface area (Å²) in [5, 5.41) is 9.97. The summed E-state index contributed by atoms with van der Waals surface area (Å²) < 4.78 is 16.2. The number of benzene rings is 1. The van der Waals surface area contributed by atoms with E-state index in [1.54, 1.807) is 7.11 Å². The second kappa shape index (κ2) is 5.89. The van der Waals surface area contributed by atoms with Gasteiger partial charge in [-0.1, -0.05) is 12.1 Å². The normalized spacial score (nSPS) is 20.0. The molecule has 17 heavy (non-hydrogen) atoms. The lowest BCUT2D eigenvalue weighted by atomic mass is 10.1. The molecule has 0 spiro atoms. The summed E-state index contributed by atoms with van der Waals surface area (Å²) in [6.07, 6.45) is 0.670. The number of hydrogen-bond donors (Lipinski definition) is 1. The molecule has 0 radical (unpaired) electrons. The third kappa shape index (κ3) is 3.11. The number of aliphatic hydroxyl groups is 1. The molecular weight excluding hydrogens is 220 g/mol. The first-order chi connectivity index (χ1) is 8.31. The monoisotopic (exact) mass is 238 g/mol. The van der Waals surface area contributed by atoms with E-state index in [0.717, 1.165) is 12.2 Å². The summed E-state index contributed by atoms with van der Waals surface area (Å²) in [6.45, 7) is 1.05. The van der Waals surface area contributed by atoms with Crippen LogP contribution in [0.3, 0.4) is 0 Å². The van der Waals surface area contributed by atoms with Crippen molar-refractivity contribution in [3.63, 3.8) is 0 Å². The number of methoxy groups -OCH3 is 1. The van der Waals surface area contributed by atoms with Crippen molar-refractivity contribution in [3.05, 3.63) is 24.3 Å². The summed E-state index contributed by atoms with van der Waals surface area (Å²) in [4.78, 5) is 0. The topological polar surface area (TPSA) is 47.9 Å². The van der Waals surface area contributed by atoms with Crippen LogP contribution in [0.5, 0.6) is 11.5 Å². The van der Waals surface area contributed by atoms with Crippen molar-refractivity contribution in [2.45, 2.75) is 25.0 Å². The molecule has 1 heterocycles. The third-order valence-electron chi connectivity index (χ3n) is 2.81. The van der Waals surface area contributed by atoms with Crippen LogP contribution >= 0.6 is 0 Å². The molecule has 1 aromatic rings. The maximum atomic E-state index is 9.97. The van der Waals surface area contributed by atoms with E-state index in [0.29, 0.717) is 25.4 Å². The molecule has 0 bridgehead atoms. The predicted octanol–water partition coefficient (Wildman–Crippen LogP) is 1.61. The lowest BCUT2D eigenvalue weighted by Crippen LogP contribution is -2.39. The van der Waals surface area contributed by atoms with E-state index in [4.69, 9.17) is 14.2 Å². The minimum absolute atomic E-state index is 0.290. The Morgan fingerprint density at radius 2 is 2.18 bits per heavy atom. The Kier molecular flexibility index (Phi) is 4.23. The van der Waals surface area contributed by atoms with Crippen LogP contribution in [0, 0.1) is 0 Å². The molecule has 0 saturated heterocycles. The van der Waals surface area contributed by atoms with E-state index >= 15 is 0 Å². The number of ether oxygens (including phenoxy) is 3. The molecule has 1 aliphatic rings. The molecule has 94 valence electrons. The molecule has 2 unspecified atom stereocenters. The van der Waals surface area contributed by atoms with Gasteiger partial charge in [0.25, 0.3) is 0 Å². The highest BCUT2D eigenvalue weighted by atomic mass is 16.6. The standard InChI is InChI=1S/C13H18O4/c1-15-8-4-5-10(14)13-9-16-11-6-2-3-7-12(11)17-13/h2-3,6-7,10,13-14H,4-5,8-9H2,1H3. The smallest absolute Gasteiger partial charge is 0.161 e. The van der Waals surface area contributed by atoms with Gasteiger partial charge in [0.05, 0.1) is 6.10 Å². The molecular formula is C13H18O4. The first-order valence-corrected chi connectivity index (χ1v) is 5.86. The maximum absolute atomic E-state index is 9.97.